The fourth-order valence-corrected chi connectivity index (χ4v) is 2.83. The first-order valence-electron chi connectivity index (χ1n) is 7.00. The molecule has 8 heteroatoms. The van der Waals surface area contributed by atoms with Crippen LogP contribution in [0.3, 0.4) is 0 Å². The first-order valence-corrected chi connectivity index (χ1v) is 8.48. The highest BCUT2D eigenvalue weighted by molar-refractivity contribution is 7.89. The SMILES string of the molecule is C=CCNS(=O)(=O)c1ccc(C(=O)N[C@H](C(N)=O)C(C)C)cc1. The van der Waals surface area contributed by atoms with Gasteiger partial charge in [0.25, 0.3) is 5.91 Å². The molecular weight excluding hydrogens is 318 g/mol. The third-order valence-electron chi connectivity index (χ3n) is 3.10. The summed E-state index contributed by atoms with van der Waals surface area (Å²) in [4.78, 5) is 23.4. The summed E-state index contributed by atoms with van der Waals surface area (Å²) in [6.07, 6.45) is 1.43. The molecule has 4 N–H and O–H groups in total. The Bertz CT molecular complexity index is 681. The number of benzene rings is 1. The molecule has 1 atom stereocenters. The average Bonchev–Trinajstić information content (AvgIpc) is 2.49. The Labute approximate surface area is 136 Å². The lowest BCUT2D eigenvalue weighted by Gasteiger charge is -2.18. The lowest BCUT2D eigenvalue weighted by atomic mass is 10.0. The topological polar surface area (TPSA) is 118 Å². The molecule has 7 nitrogen and oxygen atoms in total. The molecular formula is C15H21N3O4S. The molecule has 0 spiro atoms. The second kappa shape index (κ2) is 7.89. The van der Waals surface area contributed by atoms with E-state index in [0.717, 1.165) is 0 Å². The maximum Gasteiger partial charge on any atom is 0.251 e. The lowest BCUT2D eigenvalue weighted by Crippen LogP contribution is -2.47. The molecule has 1 aromatic carbocycles. The minimum atomic E-state index is -3.64. The van der Waals surface area contributed by atoms with Crippen LogP contribution in [-0.2, 0) is 14.8 Å². The summed E-state index contributed by atoms with van der Waals surface area (Å²) < 4.78 is 26.1. The van der Waals surface area contributed by atoms with Gasteiger partial charge in [0.15, 0.2) is 0 Å². The summed E-state index contributed by atoms with van der Waals surface area (Å²) in [6.45, 7) is 7.06. The van der Waals surface area contributed by atoms with Crippen LogP contribution in [0.5, 0.6) is 0 Å². The summed E-state index contributed by atoms with van der Waals surface area (Å²) in [5, 5.41) is 2.53. The van der Waals surface area contributed by atoms with Crippen molar-refractivity contribution in [2.24, 2.45) is 11.7 Å². The van der Waals surface area contributed by atoms with E-state index in [-0.39, 0.29) is 22.9 Å². The number of carbonyl (C=O) groups is 2. The van der Waals surface area contributed by atoms with Gasteiger partial charge in [0.2, 0.25) is 15.9 Å². The predicted octanol–water partition coefficient (Wildman–Crippen LogP) is 0.391. The number of hydrogen-bond donors (Lipinski definition) is 3. The van der Waals surface area contributed by atoms with Gasteiger partial charge in [-0.3, -0.25) is 9.59 Å². The van der Waals surface area contributed by atoms with Crippen LogP contribution in [0.2, 0.25) is 0 Å². The van der Waals surface area contributed by atoms with Crippen molar-refractivity contribution in [3.05, 3.63) is 42.5 Å². The molecule has 2 amide bonds. The van der Waals surface area contributed by atoms with E-state index < -0.39 is 27.9 Å². The quantitative estimate of drug-likeness (QED) is 0.594. The van der Waals surface area contributed by atoms with Crippen molar-refractivity contribution in [1.29, 1.82) is 0 Å². The largest absolute Gasteiger partial charge is 0.368 e. The molecule has 0 saturated carbocycles. The molecule has 0 bridgehead atoms. The van der Waals surface area contributed by atoms with Gasteiger partial charge in [0.05, 0.1) is 4.90 Å². The van der Waals surface area contributed by atoms with Crippen molar-refractivity contribution in [2.75, 3.05) is 6.54 Å². The molecule has 0 heterocycles. The second-order valence-electron chi connectivity index (χ2n) is 5.26. The van der Waals surface area contributed by atoms with E-state index in [1.54, 1.807) is 13.8 Å². The number of hydrogen-bond acceptors (Lipinski definition) is 4. The van der Waals surface area contributed by atoms with Gasteiger partial charge in [-0.15, -0.1) is 6.58 Å². The first kappa shape index (κ1) is 18.9. The summed E-state index contributed by atoms with van der Waals surface area (Å²) in [5.74, 6) is -1.27. The molecule has 1 rings (SSSR count). The van der Waals surface area contributed by atoms with Gasteiger partial charge in [-0.2, -0.15) is 0 Å². The third-order valence-corrected chi connectivity index (χ3v) is 4.54. The normalized spacial score (nSPS) is 12.7. The Morgan fingerprint density at radius 3 is 2.26 bits per heavy atom. The standard InChI is InChI=1S/C15H21N3O4S/c1-4-9-17-23(21,22)12-7-5-11(6-8-12)15(20)18-13(10(2)3)14(16)19/h4-8,10,13,17H,1,9H2,2-3H3,(H2,16,19)(H,18,20)/t13-/m0/s1. The van der Waals surface area contributed by atoms with Crippen molar-refractivity contribution >= 4 is 21.8 Å². The van der Waals surface area contributed by atoms with E-state index in [1.807, 2.05) is 0 Å². The summed E-state index contributed by atoms with van der Waals surface area (Å²) in [6, 6.07) is 4.58. The number of nitrogens with two attached hydrogens (primary N) is 1. The van der Waals surface area contributed by atoms with E-state index in [9.17, 15) is 18.0 Å². The Balaban J connectivity index is 2.90. The van der Waals surface area contributed by atoms with Gasteiger partial charge in [-0.05, 0) is 30.2 Å². The molecule has 126 valence electrons. The fourth-order valence-electron chi connectivity index (χ4n) is 1.83. The Morgan fingerprint density at radius 2 is 1.83 bits per heavy atom. The van der Waals surface area contributed by atoms with Gasteiger partial charge in [-0.1, -0.05) is 19.9 Å². The van der Waals surface area contributed by atoms with E-state index in [0.29, 0.717) is 0 Å². The maximum atomic E-state index is 12.1. The molecule has 0 radical (unpaired) electrons. The summed E-state index contributed by atoms with van der Waals surface area (Å²) >= 11 is 0. The summed E-state index contributed by atoms with van der Waals surface area (Å²) in [7, 11) is -3.64. The van der Waals surface area contributed by atoms with Crippen molar-refractivity contribution in [3.63, 3.8) is 0 Å². The Hall–Kier alpha value is -2.19. The van der Waals surface area contributed by atoms with Crippen LogP contribution >= 0.6 is 0 Å². The van der Waals surface area contributed by atoms with Crippen molar-refractivity contribution < 1.29 is 18.0 Å². The Kier molecular flexibility index (Phi) is 6.47. The van der Waals surface area contributed by atoms with Crippen LogP contribution in [-0.4, -0.2) is 32.8 Å². The zero-order valence-electron chi connectivity index (χ0n) is 13.1. The van der Waals surface area contributed by atoms with Crippen molar-refractivity contribution in [3.8, 4) is 0 Å². The molecule has 0 fully saturated rings. The number of primary amides is 1. The molecule has 1 aromatic rings. The number of sulfonamides is 1. The van der Waals surface area contributed by atoms with Gasteiger partial charge in [-0.25, -0.2) is 13.1 Å². The summed E-state index contributed by atoms with van der Waals surface area (Å²) in [5.41, 5.74) is 5.48. The van der Waals surface area contributed by atoms with Crippen LogP contribution in [0, 0.1) is 5.92 Å². The van der Waals surface area contributed by atoms with E-state index >= 15 is 0 Å². The Morgan fingerprint density at radius 1 is 1.26 bits per heavy atom. The average molecular weight is 339 g/mol. The number of rotatable bonds is 8. The first-order chi connectivity index (χ1) is 10.7. The molecule has 0 aromatic heterocycles. The molecule has 0 aliphatic carbocycles. The zero-order chi connectivity index (χ0) is 17.6. The van der Waals surface area contributed by atoms with Crippen LogP contribution in [0.25, 0.3) is 0 Å². The predicted molar refractivity (Wildman–Crippen MR) is 87.1 cm³/mol. The van der Waals surface area contributed by atoms with Gasteiger partial charge in [0.1, 0.15) is 6.04 Å². The number of nitrogens with one attached hydrogen (secondary N) is 2. The van der Waals surface area contributed by atoms with Crippen LogP contribution in [0.15, 0.2) is 41.8 Å². The molecule has 23 heavy (non-hydrogen) atoms. The highest BCUT2D eigenvalue weighted by Gasteiger charge is 2.22. The van der Waals surface area contributed by atoms with Gasteiger partial charge in [0, 0.05) is 12.1 Å². The van der Waals surface area contributed by atoms with E-state index in [1.165, 1.54) is 30.3 Å². The fraction of sp³-hybridized carbons (Fsp3) is 0.333. The third kappa shape index (κ3) is 5.19. The minimum absolute atomic E-state index is 0.0335. The molecule has 0 unspecified atom stereocenters. The van der Waals surface area contributed by atoms with E-state index in [2.05, 4.69) is 16.6 Å². The monoisotopic (exact) mass is 339 g/mol. The van der Waals surface area contributed by atoms with Gasteiger partial charge < -0.3 is 11.1 Å². The highest BCUT2D eigenvalue weighted by atomic mass is 32.2. The van der Waals surface area contributed by atoms with Crippen LogP contribution < -0.4 is 15.8 Å². The van der Waals surface area contributed by atoms with Crippen LogP contribution in [0.1, 0.15) is 24.2 Å². The highest BCUT2D eigenvalue weighted by Crippen LogP contribution is 2.11. The molecule has 0 saturated heterocycles. The maximum absolute atomic E-state index is 12.1. The zero-order valence-corrected chi connectivity index (χ0v) is 13.9. The second-order valence-corrected chi connectivity index (χ2v) is 7.03. The van der Waals surface area contributed by atoms with Crippen molar-refractivity contribution in [1.82, 2.24) is 10.0 Å². The van der Waals surface area contributed by atoms with Crippen LogP contribution in [0.4, 0.5) is 0 Å². The number of carbonyl (C=O) groups excluding carboxylic acids is 2. The molecule has 0 aliphatic rings. The molecule has 0 aliphatic heterocycles. The lowest BCUT2D eigenvalue weighted by molar-refractivity contribution is -0.120. The van der Waals surface area contributed by atoms with Gasteiger partial charge >= 0.3 is 0 Å². The smallest absolute Gasteiger partial charge is 0.251 e. The van der Waals surface area contributed by atoms with E-state index in [4.69, 9.17) is 5.73 Å². The van der Waals surface area contributed by atoms with Crippen molar-refractivity contribution in [2.45, 2.75) is 24.8 Å². The number of amides is 2. The minimum Gasteiger partial charge on any atom is -0.368 e.